The zero-order valence-electron chi connectivity index (χ0n) is 16.5. The molecule has 1 heterocycles. The molecule has 0 saturated carbocycles. The van der Waals surface area contributed by atoms with Gasteiger partial charge >= 0.3 is 0 Å². The molecular formula is C22H26FN3O3. The van der Waals surface area contributed by atoms with E-state index in [1.807, 2.05) is 36.1 Å². The number of rotatable bonds is 8. The molecule has 2 N–H and O–H groups in total. The summed E-state index contributed by atoms with van der Waals surface area (Å²) >= 11 is 0. The Morgan fingerprint density at radius 2 is 2.00 bits per heavy atom. The fourth-order valence-electron chi connectivity index (χ4n) is 3.37. The number of hydrogen-bond acceptors (Lipinski definition) is 4. The molecule has 6 nitrogen and oxygen atoms in total. The Balaban J connectivity index is 1.63. The number of carbonyl (C=O) groups excluding carboxylic acids is 2. The molecule has 0 unspecified atom stereocenters. The van der Waals surface area contributed by atoms with Crippen LogP contribution in [0.5, 0.6) is 5.75 Å². The highest BCUT2D eigenvalue weighted by Gasteiger charge is 2.32. The Morgan fingerprint density at radius 3 is 2.76 bits per heavy atom. The molecule has 0 radical (unpaired) electrons. The Bertz CT molecular complexity index is 841. The van der Waals surface area contributed by atoms with Gasteiger partial charge in [0.15, 0.2) is 0 Å². The van der Waals surface area contributed by atoms with E-state index >= 15 is 0 Å². The Labute approximate surface area is 170 Å². The molecule has 7 heteroatoms. The van der Waals surface area contributed by atoms with Gasteiger partial charge in [-0.1, -0.05) is 30.3 Å². The molecule has 0 aliphatic carbocycles. The molecular weight excluding hydrogens is 373 g/mol. The van der Waals surface area contributed by atoms with Crippen molar-refractivity contribution in [3.05, 3.63) is 65.5 Å². The molecule has 1 fully saturated rings. The lowest BCUT2D eigenvalue weighted by Gasteiger charge is -2.35. The highest BCUT2D eigenvalue weighted by atomic mass is 19.1. The third-order valence-electron chi connectivity index (χ3n) is 4.87. The summed E-state index contributed by atoms with van der Waals surface area (Å²) in [5, 5.41) is 5.65. The topological polar surface area (TPSA) is 70.7 Å². The van der Waals surface area contributed by atoms with Gasteiger partial charge in [0.05, 0.1) is 19.1 Å². The van der Waals surface area contributed by atoms with Crippen molar-refractivity contribution in [3.63, 3.8) is 0 Å². The normalized spacial score (nSPS) is 16.9. The largest absolute Gasteiger partial charge is 0.494 e. The molecule has 29 heavy (non-hydrogen) atoms. The first-order chi connectivity index (χ1) is 14.1. The second-order valence-corrected chi connectivity index (χ2v) is 6.93. The van der Waals surface area contributed by atoms with Gasteiger partial charge in [-0.15, -0.1) is 0 Å². The Hall–Kier alpha value is -2.93. The summed E-state index contributed by atoms with van der Waals surface area (Å²) in [5.41, 5.74) is 1.79. The summed E-state index contributed by atoms with van der Waals surface area (Å²) in [6, 6.07) is 13.1. The summed E-state index contributed by atoms with van der Waals surface area (Å²) in [4.78, 5) is 26.9. The number of nitrogens with zero attached hydrogens (tertiary/aromatic N) is 1. The van der Waals surface area contributed by atoms with Crippen LogP contribution in [0.15, 0.2) is 48.5 Å². The number of carbonyl (C=O) groups is 2. The van der Waals surface area contributed by atoms with Crippen molar-refractivity contribution >= 4 is 11.8 Å². The van der Waals surface area contributed by atoms with Gasteiger partial charge in [-0.05, 0) is 30.7 Å². The van der Waals surface area contributed by atoms with E-state index in [2.05, 4.69) is 10.6 Å². The van der Waals surface area contributed by atoms with Crippen molar-refractivity contribution < 1.29 is 18.7 Å². The molecule has 3 rings (SSSR count). The standard InChI is InChI=1S/C22H26FN3O3/c1-2-29-20-6-4-3-5-17(20)15-26-12-11-24-22(28)19(26)13-21(27)25-14-16-7-9-18(23)10-8-16/h3-10,19H,2,11-15H2,1H3,(H,24,28)(H,25,27)/t19-/m0/s1. The minimum atomic E-state index is -0.549. The van der Waals surface area contributed by atoms with Crippen LogP contribution in [0.4, 0.5) is 4.39 Å². The third kappa shape index (κ3) is 5.77. The molecule has 1 aliphatic heterocycles. The van der Waals surface area contributed by atoms with Gasteiger partial charge in [0.25, 0.3) is 0 Å². The molecule has 1 saturated heterocycles. The van der Waals surface area contributed by atoms with Crippen molar-refractivity contribution in [1.29, 1.82) is 0 Å². The molecule has 0 bridgehead atoms. The maximum absolute atomic E-state index is 13.0. The maximum atomic E-state index is 13.0. The highest BCUT2D eigenvalue weighted by molar-refractivity contribution is 5.88. The molecule has 0 aromatic heterocycles. The van der Waals surface area contributed by atoms with Crippen molar-refractivity contribution in [2.24, 2.45) is 0 Å². The van der Waals surface area contributed by atoms with Crippen LogP contribution in [0.25, 0.3) is 0 Å². The van der Waals surface area contributed by atoms with Crippen LogP contribution in [-0.2, 0) is 22.7 Å². The number of benzene rings is 2. The van der Waals surface area contributed by atoms with E-state index < -0.39 is 6.04 Å². The second-order valence-electron chi connectivity index (χ2n) is 6.93. The zero-order chi connectivity index (χ0) is 20.6. The van der Waals surface area contributed by atoms with Crippen LogP contribution in [-0.4, -0.2) is 42.5 Å². The van der Waals surface area contributed by atoms with E-state index in [0.29, 0.717) is 32.8 Å². The number of amides is 2. The average molecular weight is 399 g/mol. The van der Waals surface area contributed by atoms with Crippen LogP contribution >= 0.6 is 0 Å². The summed E-state index contributed by atoms with van der Waals surface area (Å²) < 4.78 is 18.7. The number of hydrogen-bond donors (Lipinski definition) is 2. The van der Waals surface area contributed by atoms with E-state index in [1.165, 1.54) is 12.1 Å². The van der Waals surface area contributed by atoms with E-state index in [9.17, 15) is 14.0 Å². The van der Waals surface area contributed by atoms with Gasteiger partial charge in [0, 0.05) is 31.7 Å². The van der Waals surface area contributed by atoms with E-state index in [1.54, 1.807) is 12.1 Å². The van der Waals surface area contributed by atoms with Gasteiger partial charge in [0.2, 0.25) is 11.8 Å². The first-order valence-electron chi connectivity index (χ1n) is 9.80. The van der Waals surface area contributed by atoms with Gasteiger partial charge in [-0.25, -0.2) is 4.39 Å². The van der Waals surface area contributed by atoms with Crippen LogP contribution < -0.4 is 15.4 Å². The smallest absolute Gasteiger partial charge is 0.237 e. The number of piperazine rings is 1. The molecule has 2 amide bonds. The fraction of sp³-hybridized carbons (Fsp3) is 0.364. The number of ether oxygens (including phenoxy) is 1. The first-order valence-corrected chi connectivity index (χ1v) is 9.80. The molecule has 1 atom stereocenters. The van der Waals surface area contributed by atoms with E-state index in [0.717, 1.165) is 16.9 Å². The molecule has 1 aliphatic rings. The number of nitrogens with one attached hydrogen (secondary N) is 2. The Kier molecular flexibility index (Phi) is 7.19. The summed E-state index contributed by atoms with van der Waals surface area (Å²) in [6.45, 7) is 4.51. The number of halogens is 1. The number of para-hydroxylation sites is 1. The van der Waals surface area contributed by atoms with Gasteiger partial charge in [-0.2, -0.15) is 0 Å². The minimum absolute atomic E-state index is 0.0594. The van der Waals surface area contributed by atoms with E-state index in [4.69, 9.17) is 4.74 Å². The Morgan fingerprint density at radius 1 is 1.24 bits per heavy atom. The second kappa shape index (κ2) is 10.0. The van der Waals surface area contributed by atoms with Gasteiger partial charge < -0.3 is 15.4 Å². The maximum Gasteiger partial charge on any atom is 0.237 e. The minimum Gasteiger partial charge on any atom is -0.494 e. The molecule has 154 valence electrons. The van der Waals surface area contributed by atoms with Gasteiger partial charge in [-0.3, -0.25) is 14.5 Å². The average Bonchev–Trinajstić information content (AvgIpc) is 2.72. The zero-order valence-corrected chi connectivity index (χ0v) is 16.5. The molecule has 2 aromatic rings. The first kappa shape index (κ1) is 20.8. The summed E-state index contributed by atoms with van der Waals surface area (Å²) in [7, 11) is 0. The van der Waals surface area contributed by atoms with Crippen LogP contribution in [0, 0.1) is 5.82 Å². The lowest BCUT2D eigenvalue weighted by atomic mass is 10.1. The monoisotopic (exact) mass is 399 g/mol. The van der Waals surface area contributed by atoms with Crippen molar-refractivity contribution in [3.8, 4) is 5.75 Å². The van der Waals surface area contributed by atoms with E-state index in [-0.39, 0.29) is 24.1 Å². The van der Waals surface area contributed by atoms with Crippen LogP contribution in [0.1, 0.15) is 24.5 Å². The van der Waals surface area contributed by atoms with Crippen molar-refractivity contribution in [2.45, 2.75) is 32.5 Å². The quantitative estimate of drug-likeness (QED) is 0.714. The van der Waals surface area contributed by atoms with Crippen molar-refractivity contribution in [1.82, 2.24) is 15.5 Å². The predicted molar refractivity (Wildman–Crippen MR) is 108 cm³/mol. The molecule has 2 aromatic carbocycles. The lowest BCUT2D eigenvalue weighted by Crippen LogP contribution is -2.56. The predicted octanol–water partition coefficient (Wildman–Crippen LogP) is 2.23. The fourth-order valence-corrected chi connectivity index (χ4v) is 3.37. The molecule has 0 spiro atoms. The third-order valence-corrected chi connectivity index (χ3v) is 4.87. The van der Waals surface area contributed by atoms with Crippen LogP contribution in [0.3, 0.4) is 0 Å². The lowest BCUT2D eigenvalue weighted by molar-refractivity contribution is -0.134. The summed E-state index contributed by atoms with van der Waals surface area (Å²) in [6.07, 6.45) is 0.0594. The van der Waals surface area contributed by atoms with Gasteiger partial charge in [0.1, 0.15) is 11.6 Å². The summed E-state index contributed by atoms with van der Waals surface area (Å²) in [5.74, 6) is 0.101. The highest BCUT2D eigenvalue weighted by Crippen LogP contribution is 2.22. The van der Waals surface area contributed by atoms with Crippen LogP contribution in [0.2, 0.25) is 0 Å². The van der Waals surface area contributed by atoms with Crippen molar-refractivity contribution in [2.75, 3.05) is 19.7 Å². The SMILES string of the molecule is CCOc1ccccc1CN1CCNC(=O)[C@@H]1CC(=O)NCc1ccc(F)cc1.